The zero-order valence-electron chi connectivity index (χ0n) is 11.5. The first-order valence-corrected chi connectivity index (χ1v) is 6.83. The molecule has 0 spiro atoms. The molecule has 0 aliphatic heterocycles. The maximum Gasteiger partial charge on any atom is -0.00557 e. The average Bonchev–Trinajstić information content (AvgIpc) is 2.63. The maximum atomic E-state index is 2.32. The van der Waals surface area contributed by atoms with Gasteiger partial charge >= 0.3 is 0 Å². The third-order valence-electron chi connectivity index (χ3n) is 5.06. The second-order valence-electron chi connectivity index (χ2n) is 6.01. The van der Waals surface area contributed by atoms with E-state index in [1.807, 2.05) is 0 Å². The highest BCUT2D eigenvalue weighted by Crippen LogP contribution is 2.46. The predicted molar refractivity (Wildman–Crippen MR) is 73.9 cm³/mol. The van der Waals surface area contributed by atoms with Crippen molar-refractivity contribution in [2.24, 2.45) is 0 Å². The lowest BCUT2D eigenvalue weighted by Gasteiger charge is -2.08. The van der Waals surface area contributed by atoms with Gasteiger partial charge in [-0.2, -0.15) is 0 Å². The van der Waals surface area contributed by atoms with E-state index in [2.05, 4.69) is 27.7 Å². The molecule has 0 radical (unpaired) electrons. The van der Waals surface area contributed by atoms with Crippen molar-refractivity contribution in [2.45, 2.75) is 59.8 Å². The maximum absolute atomic E-state index is 2.32. The Bertz CT molecular complexity index is 518. The number of hydrogen-bond acceptors (Lipinski definition) is 0. The number of rotatable bonds is 0. The molecule has 0 nitrogen and oxygen atoms in total. The predicted octanol–water partition coefficient (Wildman–Crippen LogP) is 5.24. The molecule has 0 aromatic rings. The van der Waals surface area contributed by atoms with Crippen molar-refractivity contribution in [1.29, 1.82) is 0 Å². The van der Waals surface area contributed by atoms with Crippen molar-refractivity contribution >= 4 is 0 Å². The average molecular weight is 226 g/mol. The van der Waals surface area contributed by atoms with E-state index in [0.717, 1.165) is 0 Å². The van der Waals surface area contributed by atoms with Crippen molar-refractivity contribution in [1.82, 2.24) is 0 Å². The van der Waals surface area contributed by atoms with Crippen molar-refractivity contribution < 1.29 is 0 Å². The summed E-state index contributed by atoms with van der Waals surface area (Å²) in [6, 6.07) is 0. The monoisotopic (exact) mass is 226 g/mol. The van der Waals surface area contributed by atoms with Crippen LogP contribution in [-0.4, -0.2) is 0 Å². The number of hydrogen-bond donors (Lipinski definition) is 0. The van der Waals surface area contributed by atoms with Gasteiger partial charge in [-0.15, -0.1) is 0 Å². The van der Waals surface area contributed by atoms with Gasteiger partial charge in [-0.25, -0.2) is 0 Å². The van der Waals surface area contributed by atoms with Gasteiger partial charge in [0, 0.05) is 0 Å². The lowest BCUT2D eigenvalue weighted by Crippen LogP contribution is -1.89. The summed E-state index contributed by atoms with van der Waals surface area (Å²) < 4.78 is 0. The summed E-state index contributed by atoms with van der Waals surface area (Å²) in [5.74, 6) is 0. The van der Waals surface area contributed by atoms with Gasteiger partial charge in [0.25, 0.3) is 0 Å². The molecule has 0 unspecified atom stereocenters. The van der Waals surface area contributed by atoms with Crippen molar-refractivity contribution in [3.05, 3.63) is 44.6 Å². The Kier molecular flexibility index (Phi) is 2.43. The van der Waals surface area contributed by atoms with Crippen LogP contribution in [-0.2, 0) is 0 Å². The summed E-state index contributed by atoms with van der Waals surface area (Å²) in [6.07, 6.45) is 6.32. The van der Waals surface area contributed by atoms with Crippen LogP contribution in [0.5, 0.6) is 0 Å². The van der Waals surface area contributed by atoms with Crippen LogP contribution in [0.4, 0.5) is 0 Å². The molecule has 17 heavy (non-hydrogen) atoms. The fourth-order valence-electron chi connectivity index (χ4n) is 3.68. The largest absolute Gasteiger partial charge is 0.0660 e. The second kappa shape index (κ2) is 3.73. The topological polar surface area (TPSA) is 0 Å². The van der Waals surface area contributed by atoms with Crippen LogP contribution in [0.3, 0.4) is 0 Å². The summed E-state index contributed by atoms with van der Waals surface area (Å²) in [5, 5.41) is 0. The third kappa shape index (κ3) is 1.57. The molecule has 3 aliphatic carbocycles. The Balaban J connectivity index is 1.96. The smallest absolute Gasteiger partial charge is 0.00557 e. The molecule has 0 heterocycles. The quantitative estimate of drug-likeness (QED) is 0.529. The molecule has 0 amide bonds. The Hall–Kier alpha value is -1.04. The SMILES string of the molecule is CC1=C(C)C2=C(C1)CC1=C(CC2)CC(C)=C1C. The van der Waals surface area contributed by atoms with Gasteiger partial charge < -0.3 is 0 Å². The molecule has 0 heteroatoms. The molecule has 0 atom stereocenters. The molecule has 3 aliphatic rings. The molecule has 0 aromatic heterocycles. The molecule has 0 aromatic carbocycles. The van der Waals surface area contributed by atoms with Crippen LogP contribution in [0.15, 0.2) is 44.6 Å². The zero-order chi connectivity index (χ0) is 12.2. The molecular formula is C17H22. The first-order valence-electron chi connectivity index (χ1n) is 6.83. The van der Waals surface area contributed by atoms with E-state index < -0.39 is 0 Å². The van der Waals surface area contributed by atoms with E-state index in [-0.39, 0.29) is 0 Å². The fourth-order valence-corrected chi connectivity index (χ4v) is 3.68. The van der Waals surface area contributed by atoms with Gasteiger partial charge in [0.1, 0.15) is 0 Å². The van der Waals surface area contributed by atoms with Crippen LogP contribution >= 0.6 is 0 Å². The van der Waals surface area contributed by atoms with Crippen molar-refractivity contribution in [2.75, 3.05) is 0 Å². The molecular weight excluding hydrogens is 204 g/mol. The van der Waals surface area contributed by atoms with Crippen molar-refractivity contribution in [3.8, 4) is 0 Å². The molecule has 0 saturated heterocycles. The second-order valence-corrected chi connectivity index (χ2v) is 6.01. The van der Waals surface area contributed by atoms with Crippen LogP contribution in [0.1, 0.15) is 59.8 Å². The minimum atomic E-state index is 1.24. The first kappa shape index (κ1) is 11.1. The lowest BCUT2D eigenvalue weighted by atomic mass is 9.97. The van der Waals surface area contributed by atoms with Crippen LogP contribution < -0.4 is 0 Å². The summed E-state index contributed by atoms with van der Waals surface area (Å²) in [4.78, 5) is 0. The number of allylic oxidation sites excluding steroid dienone is 8. The Morgan fingerprint density at radius 1 is 0.588 bits per heavy atom. The van der Waals surface area contributed by atoms with E-state index in [0.29, 0.717) is 0 Å². The molecule has 0 bridgehead atoms. The van der Waals surface area contributed by atoms with Gasteiger partial charge in [0.05, 0.1) is 0 Å². The fraction of sp³-hybridized carbons (Fsp3) is 0.529. The van der Waals surface area contributed by atoms with Crippen molar-refractivity contribution in [3.63, 3.8) is 0 Å². The molecule has 0 N–H and O–H groups in total. The van der Waals surface area contributed by atoms with E-state index in [1.165, 1.54) is 32.1 Å². The van der Waals surface area contributed by atoms with Crippen LogP contribution in [0.2, 0.25) is 0 Å². The highest BCUT2D eigenvalue weighted by atomic mass is 14.3. The zero-order valence-corrected chi connectivity index (χ0v) is 11.5. The van der Waals surface area contributed by atoms with Gasteiger partial charge in [-0.3, -0.25) is 0 Å². The van der Waals surface area contributed by atoms with E-state index in [9.17, 15) is 0 Å². The minimum Gasteiger partial charge on any atom is -0.0660 e. The Labute approximate surface area is 105 Å². The summed E-state index contributed by atoms with van der Waals surface area (Å²) in [5.41, 5.74) is 13.3. The van der Waals surface area contributed by atoms with E-state index in [1.54, 1.807) is 44.6 Å². The Morgan fingerprint density at radius 2 is 1.18 bits per heavy atom. The van der Waals surface area contributed by atoms with Crippen LogP contribution in [0.25, 0.3) is 0 Å². The molecule has 3 rings (SSSR count). The minimum absolute atomic E-state index is 1.24. The van der Waals surface area contributed by atoms with Crippen LogP contribution in [0, 0.1) is 0 Å². The highest BCUT2D eigenvalue weighted by Gasteiger charge is 2.27. The summed E-state index contributed by atoms with van der Waals surface area (Å²) in [7, 11) is 0. The van der Waals surface area contributed by atoms with Gasteiger partial charge in [-0.1, -0.05) is 22.3 Å². The summed E-state index contributed by atoms with van der Waals surface area (Å²) >= 11 is 0. The summed E-state index contributed by atoms with van der Waals surface area (Å²) in [6.45, 7) is 9.26. The first-order chi connectivity index (χ1) is 8.08. The Morgan fingerprint density at radius 3 is 1.88 bits per heavy atom. The molecule has 90 valence electrons. The molecule has 0 saturated carbocycles. The van der Waals surface area contributed by atoms with Gasteiger partial charge in [-0.05, 0) is 82.1 Å². The van der Waals surface area contributed by atoms with Gasteiger partial charge in [0.15, 0.2) is 0 Å². The highest BCUT2D eigenvalue weighted by molar-refractivity contribution is 5.55. The lowest BCUT2D eigenvalue weighted by molar-refractivity contribution is 0.900. The van der Waals surface area contributed by atoms with E-state index in [4.69, 9.17) is 0 Å². The van der Waals surface area contributed by atoms with E-state index >= 15 is 0 Å². The third-order valence-corrected chi connectivity index (χ3v) is 5.06. The normalized spacial score (nSPS) is 24.7. The standard InChI is InChI=1S/C17H22/c1-10-7-14-5-6-16-12(3)11(2)8-15(16)9-17(14)13(10)4/h5-9H2,1-4H3. The van der Waals surface area contributed by atoms with Gasteiger partial charge in [0.2, 0.25) is 0 Å². The molecule has 0 fully saturated rings.